The molecular weight excluding hydrogens is 238 g/mol. The van der Waals surface area contributed by atoms with E-state index in [9.17, 15) is 4.79 Å². The quantitative estimate of drug-likeness (QED) is 0.872. The molecule has 0 aliphatic rings. The molecule has 6 heteroatoms. The number of carboxylic acids is 1. The number of methoxy groups -OCH3 is 1. The molecule has 0 unspecified atom stereocenters. The molecule has 18 heavy (non-hydrogen) atoms. The molecular formula is C12H11NO5. The number of nitrogens with zero attached hydrogens (tertiary/aromatic N) is 1. The third kappa shape index (κ3) is 2.79. The number of aromatic nitrogens is 1. The lowest BCUT2D eigenvalue weighted by Gasteiger charge is -2.04. The van der Waals surface area contributed by atoms with Gasteiger partial charge in [0.25, 0.3) is 0 Å². The van der Waals surface area contributed by atoms with Gasteiger partial charge in [0.1, 0.15) is 18.6 Å². The third-order valence-corrected chi connectivity index (χ3v) is 2.20. The molecule has 2 rings (SSSR count). The summed E-state index contributed by atoms with van der Waals surface area (Å²) in [5, 5.41) is 8.66. The first-order valence-electron chi connectivity index (χ1n) is 5.13. The van der Waals surface area contributed by atoms with Crippen LogP contribution in [0.2, 0.25) is 0 Å². The van der Waals surface area contributed by atoms with Crippen molar-refractivity contribution in [1.82, 2.24) is 4.98 Å². The highest BCUT2D eigenvalue weighted by atomic mass is 16.6. The highest BCUT2D eigenvalue weighted by molar-refractivity contribution is 5.84. The number of carbonyl (C=O) groups is 1. The minimum atomic E-state index is -1.16. The van der Waals surface area contributed by atoms with Crippen LogP contribution in [-0.4, -0.2) is 23.2 Å². The molecule has 94 valence electrons. The van der Waals surface area contributed by atoms with Gasteiger partial charge in [-0.3, -0.25) is 0 Å². The van der Waals surface area contributed by atoms with Gasteiger partial charge in [-0.2, -0.15) is 4.98 Å². The van der Waals surface area contributed by atoms with Crippen LogP contribution in [0.3, 0.4) is 0 Å². The Kier molecular flexibility index (Phi) is 3.47. The Morgan fingerprint density at radius 3 is 3.00 bits per heavy atom. The van der Waals surface area contributed by atoms with Crippen LogP contribution in [-0.2, 0) is 6.61 Å². The molecule has 1 aromatic carbocycles. The fraction of sp³-hybridized carbons (Fsp3) is 0.167. The molecule has 0 spiro atoms. The van der Waals surface area contributed by atoms with Crippen LogP contribution >= 0.6 is 0 Å². The maximum atomic E-state index is 10.6. The molecule has 6 nitrogen and oxygen atoms in total. The fourth-order valence-corrected chi connectivity index (χ4v) is 1.33. The van der Waals surface area contributed by atoms with Crippen molar-refractivity contribution in [3.05, 3.63) is 41.8 Å². The van der Waals surface area contributed by atoms with Crippen LogP contribution in [0.4, 0.5) is 0 Å². The lowest BCUT2D eigenvalue weighted by atomic mass is 10.2. The topological polar surface area (TPSA) is 81.8 Å². The van der Waals surface area contributed by atoms with Gasteiger partial charge in [0.15, 0.2) is 5.69 Å². The zero-order valence-electron chi connectivity index (χ0n) is 9.62. The highest BCUT2D eigenvalue weighted by Crippen LogP contribution is 2.16. The molecule has 0 fully saturated rings. The van der Waals surface area contributed by atoms with Gasteiger partial charge in [0, 0.05) is 0 Å². The lowest BCUT2D eigenvalue weighted by Crippen LogP contribution is -1.98. The molecule has 0 aliphatic carbocycles. The van der Waals surface area contributed by atoms with Gasteiger partial charge >= 0.3 is 12.0 Å². The van der Waals surface area contributed by atoms with Crippen LogP contribution in [0.25, 0.3) is 0 Å². The van der Waals surface area contributed by atoms with E-state index in [0.717, 1.165) is 17.6 Å². The average molecular weight is 249 g/mol. The van der Waals surface area contributed by atoms with Gasteiger partial charge in [-0.15, -0.1) is 0 Å². The molecule has 0 radical (unpaired) electrons. The Labute approximate surface area is 103 Å². The molecule has 1 aromatic heterocycles. The molecule has 1 N–H and O–H groups in total. The standard InChI is InChI=1S/C12H11NO5/c1-16-9-4-2-3-8(5-9)6-17-12-13-10(7-18-12)11(14)15/h2-5,7H,6H2,1H3,(H,14,15). The van der Waals surface area contributed by atoms with E-state index in [2.05, 4.69) is 4.98 Å². The van der Waals surface area contributed by atoms with Crippen LogP contribution in [0.1, 0.15) is 16.1 Å². The van der Waals surface area contributed by atoms with Crippen molar-refractivity contribution in [2.75, 3.05) is 7.11 Å². The second-order valence-electron chi connectivity index (χ2n) is 3.44. The molecule has 0 atom stereocenters. The molecule has 1 heterocycles. The molecule has 0 aliphatic heterocycles. The molecule has 0 amide bonds. The summed E-state index contributed by atoms with van der Waals surface area (Å²) in [6.45, 7) is 0.219. The summed E-state index contributed by atoms with van der Waals surface area (Å²) in [5.74, 6) is -0.440. The molecule has 0 saturated carbocycles. The van der Waals surface area contributed by atoms with Crippen molar-refractivity contribution in [3.63, 3.8) is 0 Å². The Hall–Kier alpha value is -2.50. The summed E-state index contributed by atoms with van der Waals surface area (Å²) >= 11 is 0. The van der Waals surface area contributed by atoms with Crippen LogP contribution in [0.15, 0.2) is 34.9 Å². The van der Waals surface area contributed by atoms with E-state index < -0.39 is 5.97 Å². The monoisotopic (exact) mass is 249 g/mol. The zero-order valence-corrected chi connectivity index (χ0v) is 9.62. The highest BCUT2D eigenvalue weighted by Gasteiger charge is 2.11. The Morgan fingerprint density at radius 1 is 1.50 bits per heavy atom. The smallest absolute Gasteiger partial charge is 0.394 e. The van der Waals surface area contributed by atoms with Crippen molar-refractivity contribution in [2.24, 2.45) is 0 Å². The Balaban J connectivity index is 1.99. The van der Waals surface area contributed by atoms with E-state index in [1.54, 1.807) is 13.2 Å². The van der Waals surface area contributed by atoms with Gasteiger partial charge in [0.05, 0.1) is 7.11 Å². The lowest BCUT2D eigenvalue weighted by molar-refractivity contribution is 0.0690. The number of hydrogen-bond acceptors (Lipinski definition) is 5. The number of carboxylic acid groups (broad SMARTS) is 1. The van der Waals surface area contributed by atoms with Gasteiger partial charge in [-0.25, -0.2) is 4.79 Å². The number of aromatic carboxylic acids is 1. The van der Waals surface area contributed by atoms with E-state index in [1.165, 1.54) is 0 Å². The summed E-state index contributed by atoms with van der Waals surface area (Å²) in [4.78, 5) is 14.2. The first-order chi connectivity index (χ1) is 8.69. The first-order valence-corrected chi connectivity index (χ1v) is 5.13. The van der Waals surface area contributed by atoms with Crippen LogP contribution in [0.5, 0.6) is 11.8 Å². The second kappa shape index (κ2) is 5.22. The van der Waals surface area contributed by atoms with Crippen LogP contribution < -0.4 is 9.47 Å². The van der Waals surface area contributed by atoms with E-state index in [1.807, 2.05) is 18.2 Å². The first kappa shape index (κ1) is 12.0. The number of benzene rings is 1. The SMILES string of the molecule is COc1cccc(COc2nc(C(=O)O)co2)c1. The zero-order chi connectivity index (χ0) is 13.0. The summed E-state index contributed by atoms with van der Waals surface area (Å²) in [5.41, 5.74) is 0.681. The number of ether oxygens (including phenoxy) is 2. The van der Waals surface area contributed by atoms with Crippen molar-refractivity contribution in [2.45, 2.75) is 6.61 Å². The predicted molar refractivity (Wildman–Crippen MR) is 60.8 cm³/mol. The largest absolute Gasteiger partial charge is 0.497 e. The van der Waals surface area contributed by atoms with Crippen molar-refractivity contribution >= 4 is 5.97 Å². The summed E-state index contributed by atoms with van der Waals surface area (Å²) in [7, 11) is 1.58. The van der Waals surface area contributed by atoms with E-state index in [4.69, 9.17) is 19.0 Å². The minimum Gasteiger partial charge on any atom is -0.497 e. The number of rotatable bonds is 5. The maximum Gasteiger partial charge on any atom is 0.394 e. The normalized spacial score (nSPS) is 10.1. The van der Waals surface area contributed by atoms with Crippen LogP contribution in [0, 0.1) is 0 Å². The van der Waals surface area contributed by atoms with Crippen molar-refractivity contribution in [1.29, 1.82) is 0 Å². The van der Waals surface area contributed by atoms with Gasteiger partial charge < -0.3 is 19.0 Å². The van der Waals surface area contributed by atoms with E-state index >= 15 is 0 Å². The van der Waals surface area contributed by atoms with Gasteiger partial charge in [-0.05, 0) is 17.7 Å². The number of hydrogen-bond donors (Lipinski definition) is 1. The number of oxazole rings is 1. The minimum absolute atomic E-state index is 0.0739. The fourth-order valence-electron chi connectivity index (χ4n) is 1.33. The predicted octanol–water partition coefficient (Wildman–Crippen LogP) is 1.96. The Bertz CT molecular complexity index is 549. The maximum absolute atomic E-state index is 10.6. The van der Waals surface area contributed by atoms with Gasteiger partial charge in [0.2, 0.25) is 0 Å². The van der Waals surface area contributed by atoms with Crippen molar-refractivity contribution < 1.29 is 23.8 Å². The van der Waals surface area contributed by atoms with E-state index in [-0.39, 0.29) is 18.4 Å². The average Bonchev–Trinajstić information content (AvgIpc) is 2.85. The van der Waals surface area contributed by atoms with Crippen molar-refractivity contribution in [3.8, 4) is 11.8 Å². The molecule has 2 aromatic rings. The summed E-state index contributed by atoms with van der Waals surface area (Å²) in [6.07, 6.45) is 0.957. The second-order valence-corrected chi connectivity index (χ2v) is 3.44. The third-order valence-electron chi connectivity index (χ3n) is 2.20. The summed E-state index contributed by atoms with van der Waals surface area (Å²) < 4.78 is 15.2. The Morgan fingerprint density at radius 2 is 2.33 bits per heavy atom. The summed E-state index contributed by atoms with van der Waals surface area (Å²) in [6, 6.07) is 7.30. The molecule has 0 saturated heterocycles. The molecule has 0 bridgehead atoms. The van der Waals surface area contributed by atoms with E-state index in [0.29, 0.717) is 0 Å². The van der Waals surface area contributed by atoms with Gasteiger partial charge in [-0.1, -0.05) is 12.1 Å².